The molecule has 3 fully saturated rings. The van der Waals surface area contributed by atoms with Crippen molar-refractivity contribution >= 4 is 17.5 Å². The van der Waals surface area contributed by atoms with Gasteiger partial charge in [-0.3, -0.25) is 9.48 Å². The number of nitrogens with zero attached hydrogens (tertiary/aromatic N) is 2. The third-order valence-electron chi connectivity index (χ3n) is 7.38. The van der Waals surface area contributed by atoms with Gasteiger partial charge >= 0.3 is 6.18 Å². The Morgan fingerprint density at radius 3 is 2.57 bits per heavy atom. The summed E-state index contributed by atoms with van der Waals surface area (Å²) < 4.78 is 41.9. The SMILES string of the molecule is Cn1cc(-c2cccc(C(NC(=O)c3cccc(C(F)(F)F)c3Cl)C34CCC(CC3)CN4)c2)cn1. The van der Waals surface area contributed by atoms with Gasteiger partial charge in [-0.2, -0.15) is 18.3 Å². The van der Waals surface area contributed by atoms with Crippen LogP contribution in [0.3, 0.4) is 0 Å². The van der Waals surface area contributed by atoms with Gasteiger partial charge in [-0.25, -0.2) is 0 Å². The molecule has 1 saturated carbocycles. The maximum Gasteiger partial charge on any atom is 0.417 e. The van der Waals surface area contributed by atoms with Gasteiger partial charge in [-0.05, 0) is 67.5 Å². The number of aryl methyl sites for hydroxylation is 1. The number of hydrogen-bond acceptors (Lipinski definition) is 3. The van der Waals surface area contributed by atoms with Crippen molar-refractivity contribution in [2.24, 2.45) is 13.0 Å². The predicted octanol–water partition coefficient (Wildman–Crippen LogP) is 5.76. The van der Waals surface area contributed by atoms with E-state index >= 15 is 0 Å². The van der Waals surface area contributed by atoms with Gasteiger partial charge in [0.2, 0.25) is 0 Å². The van der Waals surface area contributed by atoms with E-state index in [0.29, 0.717) is 5.92 Å². The summed E-state index contributed by atoms with van der Waals surface area (Å²) in [5.41, 5.74) is 1.19. The van der Waals surface area contributed by atoms with Crippen molar-refractivity contribution in [1.29, 1.82) is 0 Å². The smallest absolute Gasteiger partial charge is 0.343 e. The average molecular weight is 503 g/mol. The summed E-state index contributed by atoms with van der Waals surface area (Å²) in [6.07, 6.45) is 2.88. The van der Waals surface area contributed by atoms with E-state index in [1.54, 1.807) is 10.9 Å². The van der Waals surface area contributed by atoms with Crippen LogP contribution < -0.4 is 10.6 Å². The third kappa shape index (κ3) is 4.57. The van der Waals surface area contributed by atoms with Crippen LogP contribution in [-0.4, -0.2) is 27.8 Å². The monoisotopic (exact) mass is 502 g/mol. The molecule has 9 heteroatoms. The molecule has 0 radical (unpaired) electrons. The van der Waals surface area contributed by atoms with E-state index in [0.717, 1.165) is 55.0 Å². The van der Waals surface area contributed by atoms with Gasteiger partial charge in [0, 0.05) is 24.3 Å². The van der Waals surface area contributed by atoms with Gasteiger partial charge in [-0.15, -0.1) is 0 Å². The van der Waals surface area contributed by atoms with E-state index in [1.165, 1.54) is 12.1 Å². The van der Waals surface area contributed by atoms with Crippen molar-refractivity contribution in [2.75, 3.05) is 6.54 Å². The number of carbonyl (C=O) groups is 1. The summed E-state index contributed by atoms with van der Waals surface area (Å²) in [5.74, 6) is -0.00498. The Morgan fingerprint density at radius 1 is 1.20 bits per heavy atom. The lowest BCUT2D eigenvalue weighted by atomic mass is 9.67. The van der Waals surface area contributed by atoms with E-state index in [9.17, 15) is 18.0 Å². The van der Waals surface area contributed by atoms with Gasteiger partial charge in [0.1, 0.15) is 0 Å². The lowest BCUT2D eigenvalue weighted by molar-refractivity contribution is -0.137. The van der Waals surface area contributed by atoms with E-state index in [2.05, 4.69) is 15.7 Å². The maximum atomic E-state index is 13.4. The number of aromatic nitrogens is 2. The molecule has 2 aliphatic heterocycles. The second-order valence-electron chi connectivity index (χ2n) is 9.58. The van der Waals surface area contributed by atoms with Gasteiger partial charge in [-0.1, -0.05) is 35.9 Å². The molecule has 1 atom stereocenters. The Hall–Kier alpha value is -2.84. The highest BCUT2D eigenvalue weighted by molar-refractivity contribution is 6.34. The summed E-state index contributed by atoms with van der Waals surface area (Å²) in [6, 6.07) is 10.9. The average Bonchev–Trinajstić information content (AvgIpc) is 3.29. The fourth-order valence-corrected chi connectivity index (χ4v) is 5.77. The van der Waals surface area contributed by atoms with Gasteiger partial charge in [0.05, 0.1) is 28.4 Å². The van der Waals surface area contributed by atoms with Crippen LogP contribution in [0.5, 0.6) is 0 Å². The quantitative estimate of drug-likeness (QED) is 0.466. The molecule has 3 heterocycles. The normalized spacial score (nSPS) is 22.7. The number of alkyl halides is 3. The van der Waals surface area contributed by atoms with Crippen LogP contribution in [0, 0.1) is 5.92 Å². The number of piperidine rings is 2. The zero-order valence-electron chi connectivity index (χ0n) is 19.2. The number of nitrogens with one attached hydrogen (secondary N) is 2. The van der Waals surface area contributed by atoms with E-state index < -0.39 is 28.7 Å². The minimum Gasteiger partial charge on any atom is -0.343 e. The lowest BCUT2D eigenvalue weighted by Gasteiger charge is -2.52. The molecule has 3 aliphatic rings. The number of benzene rings is 2. The van der Waals surface area contributed by atoms with Crippen LogP contribution in [0.15, 0.2) is 54.9 Å². The highest BCUT2D eigenvalue weighted by Gasteiger charge is 2.47. The summed E-state index contributed by atoms with van der Waals surface area (Å²) in [5, 5.41) is 10.4. The first kappa shape index (κ1) is 23.9. The number of halogens is 4. The van der Waals surface area contributed by atoms with Crippen LogP contribution >= 0.6 is 11.6 Å². The Morgan fingerprint density at radius 2 is 1.94 bits per heavy atom. The highest BCUT2D eigenvalue weighted by atomic mass is 35.5. The maximum absolute atomic E-state index is 13.4. The molecular formula is C26H26ClF3N4O. The minimum atomic E-state index is -4.65. The molecule has 5 nitrogen and oxygen atoms in total. The molecule has 35 heavy (non-hydrogen) atoms. The molecule has 3 aromatic rings. The molecule has 1 amide bonds. The second-order valence-corrected chi connectivity index (χ2v) is 9.96. The van der Waals surface area contributed by atoms with Crippen molar-refractivity contribution in [3.8, 4) is 11.1 Å². The van der Waals surface area contributed by atoms with Crippen molar-refractivity contribution < 1.29 is 18.0 Å². The zero-order valence-corrected chi connectivity index (χ0v) is 20.0. The number of fused-ring (bicyclic) bond motifs is 3. The number of amides is 1. The van der Waals surface area contributed by atoms with Gasteiger partial charge < -0.3 is 10.6 Å². The predicted molar refractivity (Wildman–Crippen MR) is 128 cm³/mol. The molecule has 2 saturated heterocycles. The van der Waals surface area contributed by atoms with E-state index in [-0.39, 0.29) is 11.1 Å². The highest BCUT2D eigenvalue weighted by Crippen LogP contribution is 2.45. The second kappa shape index (κ2) is 8.99. The van der Waals surface area contributed by atoms with Crippen LogP contribution in [0.1, 0.15) is 53.2 Å². The molecule has 1 aromatic heterocycles. The molecule has 0 spiro atoms. The zero-order chi connectivity index (χ0) is 24.8. The molecule has 2 N–H and O–H groups in total. The summed E-state index contributed by atoms with van der Waals surface area (Å²) in [6.45, 7) is 0.860. The van der Waals surface area contributed by atoms with Crippen LogP contribution in [0.4, 0.5) is 13.2 Å². The third-order valence-corrected chi connectivity index (χ3v) is 7.78. The van der Waals surface area contributed by atoms with Crippen molar-refractivity contribution in [1.82, 2.24) is 20.4 Å². The van der Waals surface area contributed by atoms with E-state index in [4.69, 9.17) is 11.6 Å². The summed E-state index contributed by atoms with van der Waals surface area (Å²) in [4.78, 5) is 13.4. The van der Waals surface area contributed by atoms with Crippen LogP contribution in [-0.2, 0) is 13.2 Å². The van der Waals surface area contributed by atoms with Crippen molar-refractivity contribution in [3.05, 3.63) is 76.6 Å². The number of hydrogen-bond donors (Lipinski definition) is 2. The van der Waals surface area contributed by atoms with Crippen molar-refractivity contribution in [2.45, 2.75) is 43.4 Å². The van der Waals surface area contributed by atoms with Gasteiger partial charge in [0.25, 0.3) is 5.91 Å². The summed E-state index contributed by atoms with van der Waals surface area (Å²) in [7, 11) is 1.85. The Kier molecular flexibility index (Phi) is 6.13. The first-order valence-corrected chi connectivity index (χ1v) is 12.0. The van der Waals surface area contributed by atoms with Crippen molar-refractivity contribution in [3.63, 3.8) is 0 Å². The molecule has 2 aromatic carbocycles. The van der Waals surface area contributed by atoms with E-state index in [1.807, 2.05) is 37.5 Å². The standard InChI is InChI=1S/C26H26ClF3N4O/c1-34-15-19(14-32-34)17-4-2-5-18(12-17)23(25-10-8-16(9-11-25)13-31-25)33-24(35)20-6-3-7-21(22(20)27)26(28,29)30/h2-7,12,14-16,23,31H,8-11,13H2,1H3,(H,33,35). The lowest BCUT2D eigenvalue weighted by Crippen LogP contribution is -2.62. The first-order chi connectivity index (χ1) is 16.7. The molecule has 184 valence electrons. The van der Waals surface area contributed by atoms with Crippen LogP contribution in [0.2, 0.25) is 5.02 Å². The number of carbonyl (C=O) groups excluding carboxylic acids is 1. The fraction of sp³-hybridized carbons (Fsp3) is 0.385. The largest absolute Gasteiger partial charge is 0.417 e. The minimum absolute atomic E-state index is 0.184. The molecular weight excluding hydrogens is 477 g/mol. The van der Waals surface area contributed by atoms with Gasteiger partial charge in [0.15, 0.2) is 0 Å². The molecule has 1 aliphatic carbocycles. The Balaban J connectivity index is 1.53. The summed E-state index contributed by atoms with van der Waals surface area (Å²) >= 11 is 6.08. The fourth-order valence-electron chi connectivity index (χ4n) is 5.46. The molecule has 1 unspecified atom stereocenters. The topological polar surface area (TPSA) is 59.0 Å². The molecule has 2 bridgehead atoms. The van der Waals surface area contributed by atoms with Crippen LogP contribution in [0.25, 0.3) is 11.1 Å². The Labute approximate surface area is 206 Å². The Bertz CT molecular complexity index is 1230. The first-order valence-electron chi connectivity index (χ1n) is 11.7. The number of rotatable bonds is 5. The molecule has 6 rings (SSSR count).